The number of hydrogen-bond donors (Lipinski definition) is 0. The summed E-state index contributed by atoms with van der Waals surface area (Å²) in [6.07, 6.45) is 5.01. The summed E-state index contributed by atoms with van der Waals surface area (Å²) in [5.74, 6) is 0.212. The lowest BCUT2D eigenvalue weighted by molar-refractivity contribution is -0.130. The fourth-order valence-corrected chi connectivity index (χ4v) is 3.88. The Labute approximate surface area is 152 Å². The quantitative estimate of drug-likeness (QED) is 0.772. The molecule has 1 saturated heterocycles. The molecule has 2 aromatic rings. The minimum atomic E-state index is 0.0604. The molecule has 3 rings (SSSR count). The molecule has 6 heteroatoms. The lowest BCUT2D eigenvalue weighted by Gasteiger charge is -2.22. The number of nitrogens with zero attached hydrogens (tertiary/aromatic N) is 3. The Kier molecular flexibility index (Phi) is 5.94. The van der Waals surface area contributed by atoms with Gasteiger partial charge in [0.1, 0.15) is 0 Å². The number of rotatable bonds is 5. The van der Waals surface area contributed by atoms with Gasteiger partial charge in [0.15, 0.2) is 5.78 Å². The van der Waals surface area contributed by atoms with Crippen LogP contribution in [0.5, 0.6) is 0 Å². The molecule has 0 aliphatic carbocycles. The number of amides is 1. The number of pyridine rings is 1. The molecule has 3 heterocycles. The normalized spacial score (nSPS) is 15.8. The first kappa shape index (κ1) is 17.8. The van der Waals surface area contributed by atoms with Crippen LogP contribution in [0.15, 0.2) is 36.0 Å². The van der Waals surface area contributed by atoms with E-state index in [9.17, 15) is 9.59 Å². The number of carbonyl (C=O) groups excluding carboxylic acids is 2. The van der Waals surface area contributed by atoms with Crippen molar-refractivity contribution in [1.82, 2.24) is 14.8 Å². The molecule has 0 N–H and O–H groups in total. The first-order valence-corrected chi connectivity index (χ1v) is 9.47. The second-order valence-electron chi connectivity index (χ2n) is 6.42. The number of ketones is 1. The number of Topliss-reactive ketones (excluding diaryl/α,β-unsaturated/α-hetero) is 1. The lowest BCUT2D eigenvalue weighted by atomic mass is 10.2. The first-order chi connectivity index (χ1) is 12.1. The Bertz CT molecular complexity index is 729. The summed E-state index contributed by atoms with van der Waals surface area (Å²) in [5, 5.41) is 1.92. The van der Waals surface area contributed by atoms with E-state index in [4.69, 9.17) is 0 Å². The number of thiophene rings is 1. The predicted molar refractivity (Wildman–Crippen MR) is 98.7 cm³/mol. The highest BCUT2D eigenvalue weighted by atomic mass is 32.1. The van der Waals surface area contributed by atoms with Gasteiger partial charge in [-0.3, -0.25) is 19.5 Å². The molecule has 1 fully saturated rings. The van der Waals surface area contributed by atoms with Gasteiger partial charge in [-0.25, -0.2) is 0 Å². The highest BCUT2D eigenvalue weighted by Crippen LogP contribution is 2.17. The van der Waals surface area contributed by atoms with Gasteiger partial charge >= 0.3 is 0 Å². The SMILES string of the molecule is CC(=O)c1cc(CC(=O)N2CCCN(Cc3ccncc3)CC2)cs1. The van der Waals surface area contributed by atoms with Gasteiger partial charge < -0.3 is 4.90 Å². The van der Waals surface area contributed by atoms with E-state index >= 15 is 0 Å². The summed E-state index contributed by atoms with van der Waals surface area (Å²) >= 11 is 1.42. The molecule has 1 amide bonds. The van der Waals surface area contributed by atoms with E-state index < -0.39 is 0 Å². The smallest absolute Gasteiger partial charge is 0.227 e. The van der Waals surface area contributed by atoms with Gasteiger partial charge in [0.25, 0.3) is 0 Å². The van der Waals surface area contributed by atoms with Gasteiger partial charge in [-0.05, 0) is 48.1 Å². The van der Waals surface area contributed by atoms with Gasteiger partial charge in [0, 0.05) is 45.1 Å². The zero-order valence-corrected chi connectivity index (χ0v) is 15.3. The Balaban J connectivity index is 1.53. The summed E-state index contributed by atoms with van der Waals surface area (Å²) in [5.41, 5.74) is 2.20. The van der Waals surface area contributed by atoms with Gasteiger partial charge in [-0.1, -0.05) is 0 Å². The van der Waals surface area contributed by atoms with Crippen LogP contribution in [0, 0.1) is 0 Å². The van der Waals surface area contributed by atoms with Crippen molar-refractivity contribution in [3.8, 4) is 0 Å². The number of aromatic nitrogens is 1. The molecule has 0 bridgehead atoms. The molecule has 5 nitrogen and oxygen atoms in total. The second kappa shape index (κ2) is 8.36. The Morgan fingerprint density at radius 3 is 2.64 bits per heavy atom. The van der Waals surface area contributed by atoms with Crippen LogP contribution in [0.2, 0.25) is 0 Å². The van der Waals surface area contributed by atoms with Crippen molar-refractivity contribution in [3.05, 3.63) is 52.0 Å². The maximum atomic E-state index is 12.6. The summed E-state index contributed by atoms with van der Waals surface area (Å²) in [6.45, 7) is 5.90. The predicted octanol–water partition coefficient (Wildman–Crippen LogP) is 2.62. The van der Waals surface area contributed by atoms with Crippen molar-refractivity contribution in [2.75, 3.05) is 26.2 Å². The molecule has 132 valence electrons. The topological polar surface area (TPSA) is 53.5 Å². The fourth-order valence-electron chi connectivity index (χ4n) is 3.06. The largest absolute Gasteiger partial charge is 0.341 e. The summed E-state index contributed by atoms with van der Waals surface area (Å²) in [7, 11) is 0. The van der Waals surface area contributed by atoms with Crippen molar-refractivity contribution in [3.63, 3.8) is 0 Å². The second-order valence-corrected chi connectivity index (χ2v) is 7.33. The molecule has 1 aliphatic heterocycles. The van der Waals surface area contributed by atoms with Crippen LogP contribution in [0.4, 0.5) is 0 Å². The zero-order chi connectivity index (χ0) is 17.6. The maximum absolute atomic E-state index is 12.6. The lowest BCUT2D eigenvalue weighted by Crippen LogP contribution is -2.36. The van der Waals surface area contributed by atoms with Crippen LogP contribution in [-0.4, -0.2) is 52.7 Å². The van der Waals surface area contributed by atoms with Crippen molar-refractivity contribution in [1.29, 1.82) is 0 Å². The molecule has 0 spiro atoms. The minimum absolute atomic E-state index is 0.0604. The van der Waals surface area contributed by atoms with E-state index in [1.165, 1.54) is 16.9 Å². The third-order valence-corrected chi connectivity index (χ3v) is 5.53. The van der Waals surface area contributed by atoms with E-state index in [1.54, 1.807) is 6.92 Å². The van der Waals surface area contributed by atoms with E-state index in [1.807, 2.05) is 40.9 Å². The Morgan fingerprint density at radius 2 is 1.92 bits per heavy atom. The Morgan fingerprint density at radius 1 is 1.12 bits per heavy atom. The molecule has 0 saturated carbocycles. The van der Waals surface area contributed by atoms with Crippen LogP contribution >= 0.6 is 11.3 Å². The monoisotopic (exact) mass is 357 g/mol. The molecular weight excluding hydrogens is 334 g/mol. The van der Waals surface area contributed by atoms with E-state index in [0.29, 0.717) is 6.42 Å². The van der Waals surface area contributed by atoms with Crippen molar-refractivity contribution < 1.29 is 9.59 Å². The van der Waals surface area contributed by atoms with E-state index in [-0.39, 0.29) is 11.7 Å². The average Bonchev–Trinajstić information content (AvgIpc) is 2.94. The average molecular weight is 357 g/mol. The van der Waals surface area contributed by atoms with Crippen molar-refractivity contribution >= 4 is 23.0 Å². The molecule has 25 heavy (non-hydrogen) atoms. The Hall–Kier alpha value is -2.05. The van der Waals surface area contributed by atoms with Gasteiger partial charge in [-0.2, -0.15) is 0 Å². The molecule has 2 aromatic heterocycles. The third kappa shape index (κ3) is 4.96. The van der Waals surface area contributed by atoms with Gasteiger partial charge in [0.2, 0.25) is 5.91 Å². The highest BCUT2D eigenvalue weighted by molar-refractivity contribution is 7.12. The highest BCUT2D eigenvalue weighted by Gasteiger charge is 2.20. The van der Waals surface area contributed by atoms with E-state index in [2.05, 4.69) is 9.88 Å². The molecular formula is C19H23N3O2S. The fraction of sp³-hybridized carbons (Fsp3) is 0.421. The van der Waals surface area contributed by atoms with Crippen LogP contribution in [-0.2, 0) is 17.8 Å². The molecule has 1 aliphatic rings. The minimum Gasteiger partial charge on any atom is -0.341 e. The number of carbonyl (C=O) groups is 2. The summed E-state index contributed by atoms with van der Waals surface area (Å²) in [6, 6.07) is 5.92. The first-order valence-electron chi connectivity index (χ1n) is 8.59. The van der Waals surface area contributed by atoms with Crippen molar-refractivity contribution in [2.45, 2.75) is 26.3 Å². The van der Waals surface area contributed by atoms with Crippen LogP contribution in [0.3, 0.4) is 0 Å². The number of hydrogen-bond acceptors (Lipinski definition) is 5. The molecule has 0 radical (unpaired) electrons. The third-order valence-electron chi connectivity index (χ3n) is 4.45. The molecule has 0 atom stereocenters. The van der Waals surface area contributed by atoms with Gasteiger partial charge in [0.05, 0.1) is 11.3 Å². The van der Waals surface area contributed by atoms with Crippen LogP contribution in [0.1, 0.15) is 34.1 Å². The van der Waals surface area contributed by atoms with Crippen LogP contribution in [0.25, 0.3) is 0 Å². The van der Waals surface area contributed by atoms with Crippen molar-refractivity contribution in [2.24, 2.45) is 0 Å². The molecule has 0 aromatic carbocycles. The summed E-state index contributed by atoms with van der Waals surface area (Å²) in [4.78, 5) is 33.1. The zero-order valence-electron chi connectivity index (χ0n) is 14.5. The summed E-state index contributed by atoms with van der Waals surface area (Å²) < 4.78 is 0. The maximum Gasteiger partial charge on any atom is 0.227 e. The molecule has 0 unspecified atom stereocenters. The van der Waals surface area contributed by atoms with Gasteiger partial charge in [-0.15, -0.1) is 11.3 Å². The van der Waals surface area contributed by atoms with Crippen LogP contribution < -0.4 is 0 Å². The standard InChI is InChI=1S/C19H23N3O2S/c1-15(23)18-11-17(14-25-18)12-19(24)22-8-2-7-21(9-10-22)13-16-3-5-20-6-4-16/h3-6,11,14H,2,7-10,12-13H2,1H3. The van der Waals surface area contributed by atoms with E-state index in [0.717, 1.165) is 49.6 Å².